The Bertz CT molecular complexity index is 388. The minimum atomic E-state index is 0.0802. The van der Waals surface area contributed by atoms with Crippen LogP contribution in [0, 0.1) is 5.92 Å². The van der Waals surface area contributed by atoms with E-state index in [1.807, 2.05) is 12.1 Å². The number of nitrogens with one attached hydrogen (secondary N) is 1. The van der Waals surface area contributed by atoms with Gasteiger partial charge in [0.2, 0.25) is 0 Å². The SMILES string of the molecule is CC(C)COc1ccc(C2CNC(C)(C)CO2)cc1. The summed E-state index contributed by atoms with van der Waals surface area (Å²) >= 11 is 0. The number of rotatable bonds is 4. The average Bonchev–Trinajstić information content (AvgIpc) is 2.37. The molecule has 3 heteroatoms. The first-order chi connectivity index (χ1) is 8.96. The molecule has 0 aliphatic carbocycles. The van der Waals surface area contributed by atoms with Gasteiger partial charge in [-0.15, -0.1) is 0 Å². The molecular formula is C16H25NO2. The molecule has 0 spiro atoms. The first kappa shape index (κ1) is 14.4. The van der Waals surface area contributed by atoms with E-state index in [4.69, 9.17) is 9.47 Å². The molecule has 1 saturated heterocycles. The lowest BCUT2D eigenvalue weighted by molar-refractivity contribution is -0.0229. The monoisotopic (exact) mass is 263 g/mol. The maximum absolute atomic E-state index is 5.91. The summed E-state index contributed by atoms with van der Waals surface area (Å²) in [5.74, 6) is 1.48. The van der Waals surface area contributed by atoms with E-state index < -0.39 is 0 Å². The standard InChI is InChI=1S/C16H25NO2/c1-12(2)10-18-14-7-5-13(6-8-14)15-9-17-16(3,4)11-19-15/h5-8,12,15,17H,9-11H2,1-4H3. The van der Waals surface area contributed by atoms with Crippen molar-refractivity contribution in [2.45, 2.75) is 39.3 Å². The Kier molecular flexibility index (Phi) is 4.48. The summed E-state index contributed by atoms with van der Waals surface area (Å²) in [7, 11) is 0. The molecule has 1 N–H and O–H groups in total. The van der Waals surface area contributed by atoms with Gasteiger partial charge in [-0.3, -0.25) is 0 Å². The van der Waals surface area contributed by atoms with Gasteiger partial charge in [0.05, 0.1) is 19.3 Å². The van der Waals surface area contributed by atoms with Gasteiger partial charge in [0.25, 0.3) is 0 Å². The third-order valence-electron chi connectivity index (χ3n) is 3.25. The molecule has 2 rings (SSSR count). The van der Waals surface area contributed by atoms with Crippen LogP contribution in [0.5, 0.6) is 5.75 Å². The van der Waals surface area contributed by atoms with Crippen LogP contribution in [0.3, 0.4) is 0 Å². The lowest BCUT2D eigenvalue weighted by Crippen LogP contribution is -2.50. The highest BCUT2D eigenvalue weighted by Crippen LogP contribution is 2.25. The largest absolute Gasteiger partial charge is 0.493 e. The smallest absolute Gasteiger partial charge is 0.119 e. The summed E-state index contributed by atoms with van der Waals surface area (Å²) in [6.45, 7) is 11.0. The van der Waals surface area contributed by atoms with Crippen LogP contribution >= 0.6 is 0 Å². The van der Waals surface area contributed by atoms with Crippen molar-refractivity contribution in [1.82, 2.24) is 5.32 Å². The predicted molar refractivity (Wildman–Crippen MR) is 77.5 cm³/mol. The predicted octanol–water partition coefficient (Wildman–Crippen LogP) is 3.16. The molecule has 1 fully saturated rings. The zero-order valence-corrected chi connectivity index (χ0v) is 12.4. The molecule has 1 aliphatic heterocycles. The van der Waals surface area contributed by atoms with Crippen LogP contribution in [0.4, 0.5) is 0 Å². The molecule has 1 aromatic carbocycles. The third kappa shape index (κ3) is 4.22. The van der Waals surface area contributed by atoms with E-state index in [1.165, 1.54) is 5.56 Å². The lowest BCUT2D eigenvalue weighted by atomic mass is 10.0. The fourth-order valence-corrected chi connectivity index (χ4v) is 2.04. The van der Waals surface area contributed by atoms with Gasteiger partial charge in [-0.25, -0.2) is 0 Å². The van der Waals surface area contributed by atoms with Gasteiger partial charge in [0, 0.05) is 12.1 Å². The molecule has 1 aromatic rings. The third-order valence-corrected chi connectivity index (χ3v) is 3.25. The van der Waals surface area contributed by atoms with E-state index in [-0.39, 0.29) is 11.6 Å². The second-order valence-electron chi connectivity index (χ2n) is 6.34. The highest BCUT2D eigenvalue weighted by atomic mass is 16.5. The molecule has 0 radical (unpaired) electrons. The molecule has 0 saturated carbocycles. The second kappa shape index (κ2) is 5.93. The molecule has 1 aliphatic rings. The van der Waals surface area contributed by atoms with Crippen LogP contribution in [0.1, 0.15) is 39.4 Å². The molecule has 106 valence electrons. The minimum absolute atomic E-state index is 0.0802. The molecule has 19 heavy (non-hydrogen) atoms. The Morgan fingerprint density at radius 3 is 2.53 bits per heavy atom. The van der Waals surface area contributed by atoms with Crippen LogP contribution in [0.25, 0.3) is 0 Å². The maximum atomic E-state index is 5.91. The normalized spacial score (nSPS) is 22.5. The highest BCUT2D eigenvalue weighted by Gasteiger charge is 2.27. The first-order valence-corrected chi connectivity index (χ1v) is 7.06. The number of benzene rings is 1. The van der Waals surface area contributed by atoms with Gasteiger partial charge in [-0.05, 0) is 37.5 Å². The summed E-state index contributed by atoms with van der Waals surface area (Å²) in [6.07, 6.45) is 0.146. The van der Waals surface area contributed by atoms with Gasteiger partial charge in [-0.1, -0.05) is 26.0 Å². The summed E-state index contributed by atoms with van der Waals surface area (Å²) in [5.41, 5.74) is 1.29. The van der Waals surface area contributed by atoms with Gasteiger partial charge in [-0.2, -0.15) is 0 Å². The lowest BCUT2D eigenvalue weighted by Gasteiger charge is -2.36. The summed E-state index contributed by atoms with van der Waals surface area (Å²) in [6, 6.07) is 8.25. The molecule has 3 nitrogen and oxygen atoms in total. The number of morpholine rings is 1. The summed E-state index contributed by atoms with van der Waals surface area (Å²) < 4.78 is 11.6. The summed E-state index contributed by atoms with van der Waals surface area (Å²) in [4.78, 5) is 0. The number of ether oxygens (including phenoxy) is 2. The quantitative estimate of drug-likeness (QED) is 0.905. The topological polar surface area (TPSA) is 30.5 Å². The fourth-order valence-electron chi connectivity index (χ4n) is 2.04. The molecule has 1 unspecified atom stereocenters. The van der Waals surface area contributed by atoms with Crippen molar-refractivity contribution in [3.8, 4) is 5.75 Å². The van der Waals surface area contributed by atoms with Crippen molar-refractivity contribution >= 4 is 0 Å². The van der Waals surface area contributed by atoms with Gasteiger partial charge >= 0.3 is 0 Å². The number of hydrogen-bond acceptors (Lipinski definition) is 3. The van der Waals surface area contributed by atoms with Gasteiger partial charge in [0.15, 0.2) is 0 Å². The van der Waals surface area contributed by atoms with Crippen LogP contribution < -0.4 is 10.1 Å². The van der Waals surface area contributed by atoms with Gasteiger partial charge in [0.1, 0.15) is 5.75 Å². The van der Waals surface area contributed by atoms with Gasteiger partial charge < -0.3 is 14.8 Å². The van der Waals surface area contributed by atoms with Crippen molar-refractivity contribution < 1.29 is 9.47 Å². The van der Waals surface area contributed by atoms with E-state index >= 15 is 0 Å². The molecule has 0 bridgehead atoms. The van der Waals surface area contributed by atoms with E-state index in [9.17, 15) is 0 Å². The van der Waals surface area contributed by atoms with E-state index in [2.05, 4.69) is 45.1 Å². The van der Waals surface area contributed by atoms with Crippen molar-refractivity contribution in [3.05, 3.63) is 29.8 Å². The van der Waals surface area contributed by atoms with Crippen molar-refractivity contribution in [3.63, 3.8) is 0 Å². The molecule has 1 atom stereocenters. The average molecular weight is 263 g/mol. The Labute approximate surface area is 116 Å². The van der Waals surface area contributed by atoms with E-state index in [1.54, 1.807) is 0 Å². The maximum Gasteiger partial charge on any atom is 0.119 e. The van der Waals surface area contributed by atoms with Crippen LogP contribution in [0.2, 0.25) is 0 Å². The Morgan fingerprint density at radius 1 is 1.32 bits per heavy atom. The first-order valence-electron chi connectivity index (χ1n) is 7.06. The summed E-state index contributed by atoms with van der Waals surface area (Å²) in [5, 5.41) is 3.51. The second-order valence-corrected chi connectivity index (χ2v) is 6.34. The molecule has 0 aromatic heterocycles. The van der Waals surface area contributed by atoms with Crippen LogP contribution in [0.15, 0.2) is 24.3 Å². The molecule has 1 heterocycles. The van der Waals surface area contributed by atoms with Crippen LogP contribution in [-0.4, -0.2) is 25.3 Å². The fraction of sp³-hybridized carbons (Fsp3) is 0.625. The Hall–Kier alpha value is -1.06. The Morgan fingerprint density at radius 2 is 2.00 bits per heavy atom. The molecular weight excluding hydrogens is 238 g/mol. The highest BCUT2D eigenvalue weighted by molar-refractivity contribution is 5.29. The van der Waals surface area contributed by atoms with Crippen molar-refractivity contribution in [2.75, 3.05) is 19.8 Å². The number of hydrogen-bond donors (Lipinski definition) is 1. The zero-order valence-electron chi connectivity index (χ0n) is 12.4. The van der Waals surface area contributed by atoms with Crippen molar-refractivity contribution in [2.24, 2.45) is 5.92 Å². The van der Waals surface area contributed by atoms with Crippen LogP contribution in [-0.2, 0) is 4.74 Å². The zero-order chi connectivity index (χ0) is 13.9. The molecule has 0 amide bonds. The van der Waals surface area contributed by atoms with E-state index in [0.717, 1.165) is 25.5 Å². The van der Waals surface area contributed by atoms with Crippen molar-refractivity contribution in [1.29, 1.82) is 0 Å². The Balaban J connectivity index is 1.92. The minimum Gasteiger partial charge on any atom is -0.493 e. The van der Waals surface area contributed by atoms with E-state index in [0.29, 0.717) is 5.92 Å².